The minimum atomic E-state index is -1.06. The second-order valence-electron chi connectivity index (χ2n) is 3.86. The molecule has 96 valence electrons. The smallest absolute Gasteiger partial charge is 0.328 e. The summed E-state index contributed by atoms with van der Waals surface area (Å²) in [7, 11) is 1.72. The number of hydrogen-bond donors (Lipinski definition) is 1. The van der Waals surface area contributed by atoms with Crippen LogP contribution < -0.4 is 0 Å². The lowest BCUT2D eigenvalue weighted by atomic mass is 10.1. The first-order chi connectivity index (χ1) is 8.56. The van der Waals surface area contributed by atoms with Crippen LogP contribution in [0.4, 0.5) is 0 Å². The molecule has 0 spiro atoms. The van der Waals surface area contributed by atoms with Gasteiger partial charge in [-0.25, -0.2) is 4.79 Å². The summed E-state index contributed by atoms with van der Waals surface area (Å²) in [6, 6.07) is 1.59. The van der Waals surface area contributed by atoms with Crippen molar-refractivity contribution in [3.05, 3.63) is 35.7 Å². The number of carbonyl (C=O) groups excluding carboxylic acids is 1. The van der Waals surface area contributed by atoms with Gasteiger partial charge in [0.05, 0.1) is 0 Å². The zero-order valence-corrected chi connectivity index (χ0v) is 10.5. The van der Waals surface area contributed by atoms with Crippen LogP contribution in [0.25, 0.3) is 6.08 Å². The molecule has 0 saturated carbocycles. The Labute approximate surface area is 106 Å². The normalized spacial score (nSPS) is 10.6. The molecule has 1 aromatic rings. The van der Waals surface area contributed by atoms with E-state index in [0.717, 1.165) is 12.5 Å². The van der Waals surface area contributed by atoms with E-state index in [2.05, 4.69) is 4.98 Å². The van der Waals surface area contributed by atoms with Gasteiger partial charge in [-0.3, -0.25) is 9.78 Å². The molecular formula is C13H16N2O3. The SMILES string of the molecule is CCCN(C)C(=O)c1ccncc1C=CC(=O)O. The maximum atomic E-state index is 12.1. The molecule has 0 atom stereocenters. The first-order valence-electron chi connectivity index (χ1n) is 5.66. The number of rotatable bonds is 5. The minimum absolute atomic E-state index is 0.135. The Morgan fingerprint density at radius 2 is 2.22 bits per heavy atom. The molecule has 0 aromatic carbocycles. The topological polar surface area (TPSA) is 70.5 Å². The quantitative estimate of drug-likeness (QED) is 0.804. The molecule has 5 nitrogen and oxygen atoms in total. The lowest BCUT2D eigenvalue weighted by Gasteiger charge is -2.17. The van der Waals surface area contributed by atoms with Gasteiger partial charge in [-0.1, -0.05) is 6.92 Å². The first kappa shape index (κ1) is 13.9. The Kier molecular flexibility index (Phi) is 5.05. The third-order valence-electron chi connectivity index (χ3n) is 2.39. The van der Waals surface area contributed by atoms with E-state index in [-0.39, 0.29) is 5.91 Å². The molecular weight excluding hydrogens is 232 g/mol. The molecule has 0 saturated heterocycles. The predicted molar refractivity (Wildman–Crippen MR) is 68.2 cm³/mol. The number of carboxylic acid groups (broad SMARTS) is 1. The van der Waals surface area contributed by atoms with Crippen LogP contribution in [0.1, 0.15) is 29.3 Å². The molecule has 0 aliphatic heterocycles. The van der Waals surface area contributed by atoms with Crippen LogP contribution in [0.5, 0.6) is 0 Å². The molecule has 1 aromatic heterocycles. The summed E-state index contributed by atoms with van der Waals surface area (Å²) in [4.78, 5) is 28.1. The van der Waals surface area contributed by atoms with Crippen LogP contribution in [0, 0.1) is 0 Å². The number of amides is 1. The van der Waals surface area contributed by atoms with Crippen molar-refractivity contribution in [1.29, 1.82) is 0 Å². The molecule has 0 aliphatic rings. The molecule has 0 fully saturated rings. The average Bonchev–Trinajstić information content (AvgIpc) is 2.36. The fraction of sp³-hybridized carbons (Fsp3) is 0.308. The van der Waals surface area contributed by atoms with Gasteiger partial charge in [0.15, 0.2) is 0 Å². The lowest BCUT2D eigenvalue weighted by Crippen LogP contribution is -2.28. The molecule has 1 N–H and O–H groups in total. The Morgan fingerprint density at radius 3 is 2.83 bits per heavy atom. The largest absolute Gasteiger partial charge is 0.478 e. The maximum Gasteiger partial charge on any atom is 0.328 e. The van der Waals surface area contributed by atoms with E-state index in [1.54, 1.807) is 18.0 Å². The highest BCUT2D eigenvalue weighted by Crippen LogP contribution is 2.11. The lowest BCUT2D eigenvalue weighted by molar-refractivity contribution is -0.131. The van der Waals surface area contributed by atoms with Gasteiger partial charge in [0, 0.05) is 43.2 Å². The van der Waals surface area contributed by atoms with Crippen LogP contribution in [-0.4, -0.2) is 40.5 Å². The first-order valence-corrected chi connectivity index (χ1v) is 5.66. The molecule has 1 rings (SSSR count). The van der Waals surface area contributed by atoms with E-state index in [9.17, 15) is 9.59 Å². The van der Waals surface area contributed by atoms with E-state index in [1.807, 2.05) is 6.92 Å². The van der Waals surface area contributed by atoms with Crippen molar-refractivity contribution in [2.24, 2.45) is 0 Å². The van der Waals surface area contributed by atoms with Crippen LogP contribution >= 0.6 is 0 Å². The summed E-state index contributed by atoms with van der Waals surface area (Å²) in [6.07, 6.45) is 6.24. The molecule has 0 radical (unpaired) electrons. The van der Waals surface area contributed by atoms with Gasteiger partial charge in [-0.05, 0) is 18.6 Å². The van der Waals surface area contributed by atoms with Crippen molar-refractivity contribution < 1.29 is 14.7 Å². The summed E-state index contributed by atoms with van der Waals surface area (Å²) in [5.41, 5.74) is 0.964. The number of nitrogens with zero attached hydrogens (tertiary/aromatic N) is 2. The standard InChI is InChI=1S/C13H16N2O3/c1-3-8-15(2)13(18)11-6-7-14-9-10(11)4-5-12(16)17/h4-7,9H,3,8H2,1-2H3,(H,16,17). The Bertz CT molecular complexity index is 469. The third kappa shape index (κ3) is 3.69. The van der Waals surface area contributed by atoms with Crippen molar-refractivity contribution in [3.8, 4) is 0 Å². The molecule has 1 amide bonds. The van der Waals surface area contributed by atoms with E-state index >= 15 is 0 Å². The fourth-order valence-electron chi connectivity index (χ4n) is 1.54. The van der Waals surface area contributed by atoms with Gasteiger partial charge in [-0.15, -0.1) is 0 Å². The predicted octanol–water partition coefficient (Wildman–Crippen LogP) is 1.66. The molecule has 18 heavy (non-hydrogen) atoms. The minimum Gasteiger partial charge on any atom is -0.478 e. The molecule has 0 bridgehead atoms. The Hall–Kier alpha value is -2.17. The fourth-order valence-corrected chi connectivity index (χ4v) is 1.54. The second kappa shape index (κ2) is 6.54. The average molecular weight is 248 g/mol. The van der Waals surface area contributed by atoms with Gasteiger partial charge >= 0.3 is 5.97 Å². The number of carboxylic acids is 1. The van der Waals surface area contributed by atoms with Gasteiger partial charge in [0.1, 0.15) is 0 Å². The van der Waals surface area contributed by atoms with Crippen molar-refractivity contribution in [2.45, 2.75) is 13.3 Å². The van der Waals surface area contributed by atoms with Crippen molar-refractivity contribution in [3.63, 3.8) is 0 Å². The maximum absolute atomic E-state index is 12.1. The molecule has 1 heterocycles. The summed E-state index contributed by atoms with van der Waals surface area (Å²) < 4.78 is 0. The second-order valence-corrected chi connectivity index (χ2v) is 3.86. The number of aliphatic carboxylic acids is 1. The van der Waals surface area contributed by atoms with Crippen LogP contribution in [0.2, 0.25) is 0 Å². The van der Waals surface area contributed by atoms with Gasteiger partial charge in [0.2, 0.25) is 0 Å². The van der Waals surface area contributed by atoms with E-state index < -0.39 is 5.97 Å². The summed E-state index contributed by atoms with van der Waals surface area (Å²) in [6.45, 7) is 2.64. The molecule has 5 heteroatoms. The summed E-state index contributed by atoms with van der Waals surface area (Å²) in [5.74, 6) is -1.19. The zero-order valence-electron chi connectivity index (χ0n) is 10.5. The third-order valence-corrected chi connectivity index (χ3v) is 2.39. The van der Waals surface area contributed by atoms with E-state index in [0.29, 0.717) is 17.7 Å². The monoisotopic (exact) mass is 248 g/mol. The molecule has 0 unspecified atom stereocenters. The zero-order chi connectivity index (χ0) is 13.5. The van der Waals surface area contributed by atoms with Crippen LogP contribution in [0.3, 0.4) is 0 Å². The van der Waals surface area contributed by atoms with E-state index in [4.69, 9.17) is 5.11 Å². The molecule has 0 aliphatic carbocycles. The van der Waals surface area contributed by atoms with Gasteiger partial charge in [-0.2, -0.15) is 0 Å². The van der Waals surface area contributed by atoms with Crippen molar-refractivity contribution in [1.82, 2.24) is 9.88 Å². The Morgan fingerprint density at radius 1 is 1.50 bits per heavy atom. The van der Waals surface area contributed by atoms with Crippen molar-refractivity contribution in [2.75, 3.05) is 13.6 Å². The highest BCUT2D eigenvalue weighted by Gasteiger charge is 2.13. The van der Waals surface area contributed by atoms with E-state index in [1.165, 1.54) is 18.5 Å². The number of hydrogen-bond acceptors (Lipinski definition) is 3. The number of carbonyl (C=O) groups is 2. The summed E-state index contributed by atoms with van der Waals surface area (Å²) in [5, 5.41) is 8.60. The van der Waals surface area contributed by atoms with Crippen molar-refractivity contribution >= 4 is 18.0 Å². The highest BCUT2D eigenvalue weighted by atomic mass is 16.4. The van der Waals surface area contributed by atoms with Crippen LogP contribution in [-0.2, 0) is 4.79 Å². The number of pyridine rings is 1. The van der Waals surface area contributed by atoms with Gasteiger partial charge in [0.25, 0.3) is 5.91 Å². The van der Waals surface area contributed by atoms with Crippen LogP contribution in [0.15, 0.2) is 24.5 Å². The highest BCUT2D eigenvalue weighted by molar-refractivity contribution is 5.98. The Balaban J connectivity index is 3.01. The number of aromatic nitrogens is 1. The van der Waals surface area contributed by atoms with Gasteiger partial charge < -0.3 is 10.0 Å². The summed E-state index contributed by atoms with van der Waals surface area (Å²) >= 11 is 0.